The number of methoxy groups -OCH3 is 1. The molecule has 0 spiro atoms. The van der Waals surface area contributed by atoms with Crippen molar-refractivity contribution < 1.29 is 48.8 Å². The summed E-state index contributed by atoms with van der Waals surface area (Å²) in [6.07, 6.45) is 6.78. The van der Waals surface area contributed by atoms with E-state index in [1.165, 1.54) is 0 Å². The van der Waals surface area contributed by atoms with Crippen molar-refractivity contribution in [3.63, 3.8) is 0 Å². The number of fused-ring (bicyclic) bond motifs is 4. The Morgan fingerprint density at radius 1 is 0.770 bits per heavy atom. The molecule has 0 bridgehead atoms. The normalized spacial score (nSPS) is 24.2. The van der Waals surface area contributed by atoms with Gasteiger partial charge < -0.3 is 48.8 Å². The number of rotatable bonds is 11. The van der Waals surface area contributed by atoms with Gasteiger partial charge in [0.15, 0.2) is 0 Å². The Labute approximate surface area is 357 Å². The van der Waals surface area contributed by atoms with Gasteiger partial charge in [0.25, 0.3) is 0 Å². The van der Waals surface area contributed by atoms with Crippen molar-refractivity contribution in [3.05, 3.63) is 100 Å². The van der Waals surface area contributed by atoms with Crippen LogP contribution in [0.4, 0.5) is 0 Å². The number of phenolic OH excluding ortho intramolecular Hbond substituents is 3. The van der Waals surface area contributed by atoms with Crippen LogP contribution in [0.1, 0.15) is 110 Å². The number of benzene rings is 5. The first-order valence-corrected chi connectivity index (χ1v) is 22.3. The minimum atomic E-state index is -0.941. The van der Waals surface area contributed by atoms with Gasteiger partial charge in [-0.2, -0.15) is 0 Å². The summed E-state index contributed by atoms with van der Waals surface area (Å²) in [6.45, 7) is 3.96. The van der Waals surface area contributed by atoms with E-state index in [0.29, 0.717) is 56.1 Å². The zero-order chi connectivity index (χ0) is 41.8. The highest BCUT2D eigenvalue weighted by atomic mass is 16.5. The third-order valence-electron chi connectivity index (χ3n) is 14.0. The molecule has 1 aliphatic carbocycles. The largest absolute Gasteiger partial charge is 0.508 e. The Morgan fingerprint density at radius 3 is 2.43 bits per heavy atom. The van der Waals surface area contributed by atoms with E-state index < -0.39 is 18.1 Å². The van der Waals surface area contributed by atoms with Gasteiger partial charge in [-0.3, -0.25) is 0 Å². The van der Waals surface area contributed by atoms with Gasteiger partial charge in [0.05, 0.1) is 31.5 Å². The molecule has 10 nitrogen and oxygen atoms in total. The summed E-state index contributed by atoms with van der Waals surface area (Å²) in [7, 11) is 1.71. The number of ether oxygens (including phenoxy) is 6. The number of hydrogen-bond acceptors (Lipinski definition) is 10. The second-order valence-electron chi connectivity index (χ2n) is 17.7. The molecule has 10 heteroatoms. The molecular weight excluding hydrogens is 773 g/mol. The van der Waals surface area contributed by atoms with Crippen molar-refractivity contribution in [2.75, 3.05) is 33.5 Å². The van der Waals surface area contributed by atoms with E-state index in [9.17, 15) is 20.4 Å². The van der Waals surface area contributed by atoms with Crippen molar-refractivity contribution >= 4 is 10.8 Å². The third kappa shape index (κ3) is 7.30. The van der Waals surface area contributed by atoms with Crippen LogP contribution in [0.15, 0.2) is 66.7 Å². The summed E-state index contributed by atoms with van der Waals surface area (Å²) in [5, 5.41) is 46.9. The first-order chi connectivity index (χ1) is 29.8. The van der Waals surface area contributed by atoms with Gasteiger partial charge in [0.2, 0.25) is 0 Å². The number of aromatic hydroxyl groups is 3. The molecule has 4 N–H and O–H groups in total. The van der Waals surface area contributed by atoms with E-state index >= 15 is 0 Å². The number of phenols is 3. The summed E-state index contributed by atoms with van der Waals surface area (Å²) in [5.74, 6) is 2.96. The lowest BCUT2D eigenvalue weighted by atomic mass is 9.70. The predicted octanol–water partition coefficient (Wildman–Crippen LogP) is 9.97. The number of aryl methyl sites for hydroxylation is 1. The standard InChI is InChI=1S/C51H56O10/c1-3-28-23-38(30-8-6-9-33(52)21-30)31(24-42(28)54)20-32-22-36(60-35-10-4-5-11-35)26-40-47(55)41(27-59-48(32)40)45-43(12-7-17-56-2)61-50-37-14-13-34(53)25-39(37)49-44-29(15-18-57-49)16-19-58-51(45)46(44)50/h6,8-9,13-14,21-26,29,35,41,43,45,47,51-55H,3-5,7,10-12,15-20,27H2,1-2H3/t29-,41-,43-,45-,47-,51-/m1/s1. The van der Waals surface area contributed by atoms with Crippen LogP contribution in [-0.2, 0) is 22.3 Å². The molecule has 61 heavy (non-hydrogen) atoms. The second-order valence-corrected chi connectivity index (χ2v) is 17.7. The first-order valence-electron chi connectivity index (χ1n) is 22.3. The highest BCUT2D eigenvalue weighted by Crippen LogP contribution is 2.59. The molecule has 1 fully saturated rings. The molecule has 0 aromatic heterocycles. The quantitative estimate of drug-likeness (QED) is 0.0953. The fourth-order valence-electron chi connectivity index (χ4n) is 11.0. The molecular formula is C51H56O10. The Bertz CT molecular complexity index is 2440. The molecule has 4 aliphatic heterocycles. The lowest BCUT2D eigenvalue weighted by molar-refractivity contribution is -0.111. The van der Waals surface area contributed by atoms with Crippen LogP contribution in [-0.4, -0.2) is 66.2 Å². The molecule has 0 saturated heterocycles. The highest BCUT2D eigenvalue weighted by molar-refractivity contribution is 5.98. The Balaban J connectivity index is 1.09. The monoisotopic (exact) mass is 828 g/mol. The van der Waals surface area contributed by atoms with Crippen molar-refractivity contribution in [1.29, 1.82) is 0 Å². The van der Waals surface area contributed by atoms with Gasteiger partial charge in [-0.25, -0.2) is 0 Å². The van der Waals surface area contributed by atoms with E-state index in [1.807, 2.05) is 49.4 Å². The number of aliphatic hydroxyl groups excluding tert-OH is 1. The summed E-state index contributed by atoms with van der Waals surface area (Å²) in [4.78, 5) is 0. The average Bonchev–Trinajstić information content (AvgIpc) is 3.69. The summed E-state index contributed by atoms with van der Waals surface area (Å²) >= 11 is 0. The lowest BCUT2D eigenvalue weighted by Gasteiger charge is -2.47. The highest BCUT2D eigenvalue weighted by Gasteiger charge is 2.51. The number of hydrogen-bond donors (Lipinski definition) is 4. The molecule has 0 radical (unpaired) electrons. The van der Waals surface area contributed by atoms with Crippen molar-refractivity contribution in [3.8, 4) is 51.4 Å². The maximum absolute atomic E-state index is 12.9. The van der Waals surface area contributed by atoms with E-state index in [1.54, 1.807) is 31.4 Å². The SMILES string of the molecule is CCc1cc(-c2cccc(O)c2)c(Cc2cc(OC3CCCC3)cc3c2OC[C@H]([C@@H]2[C@@H](CCCOC)Oc4c5c6c(c7cc(O)ccc47)OCC[C@@H]6CCO[C@@H]52)[C@@H]3O)cc1O. The van der Waals surface area contributed by atoms with Crippen molar-refractivity contribution in [2.45, 2.75) is 101 Å². The van der Waals surface area contributed by atoms with Crippen LogP contribution in [0.5, 0.6) is 40.2 Å². The molecule has 4 heterocycles. The van der Waals surface area contributed by atoms with Crippen molar-refractivity contribution in [2.24, 2.45) is 11.8 Å². The van der Waals surface area contributed by atoms with Gasteiger partial charge >= 0.3 is 0 Å². The topological polar surface area (TPSA) is 136 Å². The van der Waals surface area contributed by atoms with Gasteiger partial charge in [0.1, 0.15) is 46.4 Å². The maximum Gasteiger partial charge on any atom is 0.133 e. The minimum Gasteiger partial charge on any atom is -0.508 e. The van der Waals surface area contributed by atoms with Crippen LogP contribution in [0.2, 0.25) is 0 Å². The fraction of sp³-hybridized carbons (Fsp3) is 0.451. The lowest BCUT2D eigenvalue weighted by Crippen LogP contribution is -2.47. The predicted molar refractivity (Wildman–Crippen MR) is 231 cm³/mol. The van der Waals surface area contributed by atoms with Gasteiger partial charge in [-0.1, -0.05) is 19.1 Å². The van der Waals surface area contributed by atoms with Crippen LogP contribution in [0.25, 0.3) is 21.9 Å². The molecule has 5 aliphatic rings. The van der Waals surface area contributed by atoms with Gasteiger partial charge in [-0.15, -0.1) is 0 Å². The van der Waals surface area contributed by atoms with E-state index in [4.69, 9.17) is 28.4 Å². The molecule has 0 unspecified atom stereocenters. The first kappa shape index (κ1) is 39.9. The third-order valence-corrected chi connectivity index (χ3v) is 14.0. The van der Waals surface area contributed by atoms with Crippen molar-refractivity contribution in [1.82, 2.24) is 0 Å². The molecule has 6 atom stereocenters. The second kappa shape index (κ2) is 16.6. The molecule has 1 saturated carbocycles. The summed E-state index contributed by atoms with van der Waals surface area (Å²) in [6, 6.07) is 20.4. The summed E-state index contributed by atoms with van der Waals surface area (Å²) in [5.41, 5.74) is 7.05. The van der Waals surface area contributed by atoms with E-state index in [2.05, 4.69) is 0 Å². The van der Waals surface area contributed by atoms with E-state index in [0.717, 1.165) is 106 Å². The molecule has 10 rings (SSSR count). The van der Waals surface area contributed by atoms with Crippen LogP contribution in [0.3, 0.4) is 0 Å². The molecule has 5 aromatic rings. The summed E-state index contributed by atoms with van der Waals surface area (Å²) < 4.78 is 39.8. The Hall–Kier alpha value is -5.16. The van der Waals surface area contributed by atoms with Gasteiger partial charge in [0, 0.05) is 71.6 Å². The molecule has 0 amide bonds. The zero-order valence-electron chi connectivity index (χ0n) is 35.0. The Morgan fingerprint density at radius 2 is 1.61 bits per heavy atom. The Kier molecular flexibility index (Phi) is 10.9. The van der Waals surface area contributed by atoms with E-state index in [-0.39, 0.29) is 47.9 Å². The molecule has 5 aromatic carbocycles. The zero-order valence-corrected chi connectivity index (χ0v) is 35.0. The minimum absolute atomic E-state index is 0.0879. The van der Waals surface area contributed by atoms with Crippen LogP contribution < -0.4 is 18.9 Å². The van der Waals surface area contributed by atoms with Crippen LogP contribution >= 0.6 is 0 Å². The fourth-order valence-corrected chi connectivity index (χ4v) is 11.0. The van der Waals surface area contributed by atoms with Crippen LogP contribution in [0, 0.1) is 11.8 Å². The maximum atomic E-state index is 12.9. The average molecular weight is 829 g/mol. The van der Waals surface area contributed by atoms with Gasteiger partial charge in [-0.05, 0) is 141 Å². The smallest absolute Gasteiger partial charge is 0.133 e. The number of aliphatic hydroxyl groups is 1. The molecule has 320 valence electrons.